The van der Waals surface area contributed by atoms with Crippen LogP contribution in [0.3, 0.4) is 0 Å². The number of hydrogen-bond acceptors (Lipinski definition) is 4. The highest BCUT2D eigenvalue weighted by molar-refractivity contribution is 7.98. The van der Waals surface area contributed by atoms with E-state index in [1.807, 2.05) is 30.3 Å². The predicted molar refractivity (Wildman–Crippen MR) is 121 cm³/mol. The van der Waals surface area contributed by atoms with Gasteiger partial charge in [-0.05, 0) is 53.6 Å². The molecule has 1 saturated carbocycles. The molecule has 0 bridgehead atoms. The van der Waals surface area contributed by atoms with Crippen LogP contribution in [0, 0.1) is 0 Å². The van der Waals surface area contributed by atoms with Crippen LogP contribution in [-0.2, 0) is 23.2 Å². The zero-order valence-electron chi connectivity index (χ0n) is 18.3. The first-order valence-electron chi connectivity index (χ1n) is 11.3. The van der Waals surface area contributed by atoms with E-state index in [0.717, 1.165) is 42.6 Å². The van der Waals surface area contributed by atoms with Crippen LogP contribution in [0.2, 0.25) is 0 Å². The molecule has 2 aromatic carbocycles. The molecule has 33 heavy (non-hydrogen) atoms. The van der Waals surface area contributed by atoms with Crippen LogP contribution in [0.5, 0.6) is 0 Å². The molecule has 1 saturated heterocycles. The molecule has 0 aromatic heterocycles. The van der Waals surface area contributed by atoms with E-state index in [0.29, 0.717) is 36.5 Å². The third-order valence-corrected chi connectivity index (χ3v) is 7.48. The average Bonchev–Trinajstić information content (AvgIpc) is 2.77. The van der Waals surface area contributed by atoms with Gasteiger partial charge in [-0.2, -0.15) is 13.2 Å². The van der Waals surface area contributed by atoms with Gasteiger partial charge in [0.15, 0.2) is 0 Å². The summed E-state index contributed by atoms with van der Waals surface area (Å²) in [6.45, 7) is 1.88. The fraction of sp³-hybridized carbons (Fsp3) is 0.480. The molecule has 4 rings (SSSR count). The molecular formula is C25H28F3NO3S. The fourth-order valence-electron chi connectivity index (χ4n) is 4.69. The lowest BCUT2D eigenvalue weighted by Gasteiger charge is -2.37. The maximum Gasteiger partial charge on any atom is 0.506 e. The van der Waals surface area contributed by atoms with Crippen LogP contribution < -0.4 is 0 Å². The van der Waals surface area contributed by atoms with Crippen molar-refractivity contribution >= 4 is 17.9 Å². The van der Waals surface area contributed by atoms with E-state index in [1.165, 1.54) is 17.8 Å². The van der Waals surface area contributed by atoms with Crippen LogP contribution in [-0.4, -0.2) is 35.4 Å². The number of carboxylic acid groups (broad SMARTS) is 1. The number of nitrogens with zero attached hydrogens (tertiary/aromatic N) is 1. The van der Waals surface area contributed by atoms with Gasteiger partial charge >= 0.3 is 12.3 Å². The van der Waals surface area contributed by atoms with Crippen molar-refractivity contribution in [2.45, 2.75) is 67.5 Å². The Kier molecular flexibility index (Phi) is 7.54. The summed E-state index contributed by atoms with van der Waals surface area (Å²) in [5.41, 5.74) is 1.77. The van der Waals surface area contributed by atoms with E-state index in [-0.39, 0.29) is 12.0 Å². The van der Waals surface area contributed by atoms with Crippen molar-refractivity contribution in [1.82, 2.24) is 4.90 Å². The molecular weight excluding hydrogens is 451 g/mol. The Morgan fingerprint density at radius 3 is 2.33 bits per heavy atom. The lowest BCUT2D eigenvalue weighted by atomic mass is 9.81. The summed E-state index contributed by atoms with van der Waals surface area (Å²) in [6.07, 6.45) is -1.03. The van der Waals surface area contributed by atoms with Gasteiger partial charge in [0.2, 0.25) is 0 Å². The van der Waals surface area contributed by atoms with Crippen molar-refractivity contribution in [2.75, 3.05) is 13.1 Å². The maximum absolute atomic E-state index is 13.8. The molecule has 1 N–H and O–H groups in total. The highest BCUT2D eigenvalue weighted by Crippen LogP contribution is 2.41. The van der Waals surface area contributed by atoms with E-state index >= 15 is 0 Å². The van der Waals surface area contributed by atoms with Crippen molar-refractivity contribution in [3.8, 4) is 0 Å². The SMILES string of the molecule is O=C(O)OC1CN(Cc2ccc(SCc3ccc(C4CCCCC4)c(C(F)(F)F)c3)cc2)C1. The van der Waals surface area contributed by atoms with Gasteiger partial charge in [0.25, 0.3) is 0 Å². The summed E-state index contributed by atoms with van der Waals surface area (Å²) in [4.78, 5) is 13.6. The first-order valence-corrected chi connectivity index (χ1v) is 12.3. The standard InChI is InChI=1S/C25H28F3NO3S/c26-25(27,28)23-12-18(8-11-22(23)19-4-2-1-3-5-19)16-33-21-9-6-17(7-10-21)13-29-14-20(15-29)32-24(30)31/h6-12,19-20H,1-5,13-16H2,(H,30,31). The molecule has 1 aliphatic heterocycles. The minimum absolute atomic E-state index is 0.0157. The van der Waals surface area contributed by atoms with Gasteiger partial charge in [-0.15, -0.1) is 11.8 Å². The molecule has 0 amide bonds. The minimum atomic E-state index is -4.33. The Hall–Kier alpha value is -2.19. The molecule has 178 valence electrons. The fourth-order valence-corrected chi connectivity index (χ4v) is 5.53. The number of thioether (sulfide) groups is 1. The number of carbonyl (C=O) groups is 1. The third kappa shape index (κ3) is 6.44. The number of rotatable bonds is 7. The van der Waals surface area contributed by atoms with Gasteiger partial charge < -0.3 is 9.84 Å². The number of ether oxygens (including phenoxy) is 1. The molecule has 4 nitrogen and oxygen atoms in total. The van der Waals surface area contributed by atoms with Gasteiger partial charge in [0.1, 0.15) is 6.10 Å². The van der Waals surface area contributed by atoms with E-state index in [2.05, 4.69) is 4.90 Å². The molecule has 0 radical (unpaired) electrons. The molecule has 0 unspecified atom stereocenters. The molecule has 2 fully saturated rings. The van der Waals surface area contributed by atoms with Crippen molar-refractivity contribution < 1.29 is 27.8 Å². The van der Waals surface area contributed by atoms with Crippen molar-refractivity contribution in [3.63, 3.8) is 0 Å². The van der Waals surface area contributed by atoms with Crippen LogP contribution >= 0.6 is 11.8 Å². The molecule has 2 aromatic rings. The van der Waals surface area contributed by atoms with Gasteiger partial charge in [0, 0.05) is 30.3 Å². The van der Waals surface area contributed by atoms with Crippen LogP contribution in [0.4, 0.5) is 18.0 Å². The Balaban J connectivity index is 1.33. The van der Waals surface area contributed by atoms with E-state index in [9.17, 15) is 18.0 Å². The predicted octanol–water partition coefficient (Wildman–Crippen LogP) is 6.92. The summed E-state index contributed by atoms with van der Waals surface area (Å²) >= 11 is 1.52. The lowest BCUT2D eigenvalue weighted by molar-refractivity contribution is -0.138. The zero-order valence-corrected chi connectivity index (χ0v) is 19.1. The maximum atomic E-state index is 13.8. The summed E-state index contributed by atoms with van der Waals surface area (Å²) in [5, 5.41) is 8.62. The highest BCUT2D eigenvalue weighted by Gasteiger charge is 2.35. The summed E-state index contributed by atoms with van der Waals surface area (Å²) in [6, 6.07) is 12.8. The Morgan fingerprint density at radius 2 is 1.70 bits per heavy atom. The van der Waals surface area contributed by atoms with Crippen LogP contribution in [0.1, 0.15) is 60.3 Å². The molecule has 8 heteroatoms. The second-order valence-electron chi connectivity index (χ2n) is 8.89. The van der Waals surface area contributed by atoms with Gasteiger partial charge in [-0.25, -0.2) is 4.79 Å². The summed E-state index contributed by atoms with van der Waals surface area (Å²) in [7, 11) is 0. The molecule has 2 aliphatic rings. The van der Waals surface area contributed by atoms with Crippen molar-refractivity contribution in [3.05, 3.63) is 64.7 Å². The average molecular weight is 480 g/mol. The van der Waals surface area contributed by atoms with Gasteiger partial charge in [0.05, 0.1) is 5.56 Å². The largest absolute Gasteiger partial charge is 0.506 e. The first-order chi connectivity index (χ1) is 15.8. The summed E-state index contributed by atoms with van der Waals surface area (Å²) < 4.78 is 46.0. The quantitative estimate of drug-likeness (QED) is 0.345. The van der Waals surface area contributed by atoms with Crippen molar-refractivity contribution in [1.29, 1.82) is 0 Å². The van der Waals surface area contributed by atoms with E-state index in [1.54, 1.807) is 6.07 Å². The Labute approximate surface area is 196 Å². The molecule has 0 spiro atoms. The van der Waals surface area contributed by atoms with E-state index in [4.69, 9.17) is 9.84 Å². The Bertz CT molecular complexity index is 952. The third-order valence-electron chi connectivity index (χ3n) is 6.39. The zero-order chi connectivity index (χ0) is 23.4. The van der Waals surface area contributed by atoms with Crippen LogP contribution in [0.15, 0.2) is 47.4 Å². The van der Waals surface area contributed by atoms with Crippen LogP contribution in [0.25, 0.3) is 0 Å². The number of halogens is 3. The lowest BCUT2D eigenvalue weighted by Crippen LogP contribution is -2.52. The highest BCUT2D eigenvalue weighted by atomic mass is 32.2. The number of likely N-dealkylation sites (tertiary alicyclic amines) is 1. The van der Waals surface area contributed by atoms with Gasteiger partial charge in [-0.1, -0.05) is 43.5 Å². The topological polar surface area (TPSA) is 49.8 Å². The second-order valence-corrected chi connectivity index (χ2v) is 9.94. The number of alkyl halides is 3. The minimum Gasteiger partial charge on any atom is -0.450 e. The van der Waals surface area contributed by atoms with Gasteiger partial charge in [-0.3, -0.25) is 4.90 Å². The number of hydrogen-bond donors (Lipinski definition) is 1. The molecule has 1 aliphatic carbocycles. The van der Waals surface area contributed by atoms with Crippen molar-refractivity contribution in [2.24, 2.45) is 0 Å². The second kappa shape index (κ2) is 10.4. The normalized spacial score (nSPS) is 18.2. The smallest absolute Gasteiger partial charge is 0.450 e. The summed E-state index contributed by atoms with van der Waals surface area (Å²) in [5.74, 6) is 0.496. The van der Waals surface area contributed by atoms with E-state index < -0.39 is 17.9 Å². The monoisotopic (exact) mass is 479 g/mol. The number of benzene rings is 2. The Morgan fingerprint density at radius 1 is 1.03 bits per heavy atom. The first kappa shape index (κ1) is 24.0. The molecule has 0 atom stereocenters. The molecule has 1 heterocycles.